The van der Waals surface area contributed by atoms with E-state index in [0.29, 0.717) is 11.8 Å². The highest BCUT2D eigenvalue weighted by atomic mass is 16.6. The molecule has 2 fully saturated rings. The molecule has 1 aromatic heterocycles. The topological polar surface area (TPSA) is 135 Å². The minimum absolute atomic E-state index is 0.0498. The molecule has 4 rings (SSSR count). The average molecular weight is 985 g/mol. The lowest BCUT2D eigenvalue weighted by Crippen LogP contribution is -2.45. The number of hydrogen-bond acceptors (Lipinski definition) is 9. The first-order valence-corrected chi connectivity index (χ1v) is 22.3. The molecule has 2 saturated heterocycles. The van der Waals surface area contributed by atoms with E-state index in [9.17, 15) is 14.4 Å². The fourth-order valence-electron chi connectivity index (χ4n) is 6.60. The Morgan fingerprint density at radius 1 is 0.573 bits per heavy atom. The van der Waals surface area contributed by atoms with Crippen LogP contribution in [0.15, 0.2) is 29.3 Å². The van der Waals surface area contributed by atoms with Crippen LogP contribution in [0, 0.1) is 238 Å². The van der Waals surface area contributed by atoms with Crippen molar-refractivity contribution in [1.29, 1.82) is 0 Å². The Morgan fingerprint density at radius 2 is 0.907 bits per heavy atom. The zero-order valence-electron chi connectivity index (χ0n) is 42.8. The van der Waals surface area contributed by atoms with Gasteiger partial charge in [-0.25, -0.2) is 4.79 Å². The summed E-state index contributed by atoms with van der Waals surface area (Å²) in [6.45, 7) is 14.2. The van der Waals surface area contributed by atoms with Gasteiger partial charge in [0.15, 0.2) is 18.2 Å². The summed E-state index contributed by atoms with van der Waals surface area (Å²) in [6.07, 6.45) is 18.0. The van der Waals surface area contributed by atoms with Crippen LogP contribution in [-0.2, 0) is 28.5 Å². The van der Waals surface area contributed by atoms with Crippen molar-refractivity contribution in [3.63, 3.8) is 0 Å². The highest BCUT2D eigenvalue weighted by Gasteiger charge is 2.47. The number of nitrogens with two attached hydrogens (primary N) is 1. The number of terminal acetylenes is 3. The van der Waals surface area contributed by atoms with E-state index in [4.69, 9.17) is 44.0 Å². The van der Waals surface area contributed by atoms with Gasteiger partial charge in [0.1, 0.15) is 18.0 Å². The molecule has 11 nitrogen and oxygen atoms in total. The number of nitrogens with zero attached hydrogens (tertiary/aromatic N) is 3. The summed E-state index contributed by atoms with van der Waals surface area (Å²) in [6, 6.07) is 1.59. The molecule has 8 atom stereocenters. The van der Waals surface area contributed by atoms with Crippen LogP contribution in [0.25, 0.3) is 0 Å². The quantitative estimate of drug-likeness (QED) is 0.337. The number of allylic oxidation sites excluding steroid dienone is 1. The summed E-state index contributed by atoms with van der Waals surface area (Å²) in [7, 11) is 3.26. The van der Waals surface area contributed by atoms with Gasteiger partial charge in [-0.3, -0.25) is 19.1 Å². The zero-order chi connectivity index (χ0) is 55.6. The Kier molecular flexibility index (Phi) is 31.9. The molecule has 11 heteroatoms. The summed E-state index contributed by atoms with van der Waals surface area (Å²) >= 11 is 0. The highest BCUT2D eigenvalue weighted by Crippen LogP contribution is 2.38. The van der Waals surface area contributed by atoms with Gasteiger partial charge in [-0.05, 0) is 220 Å². The number of methoxy groups -OCH3 is 2. The van der Waals surface area contributed by atoms with Crippen LogP contribution in [0.1, 0.15) is 61.1 Å². The Bertz CT molecular complexity index is 3430. The maximum atomic E-state index is 12.0. The van der Waals surface area contributed by atoms with Gasteiger partial charge in [0.2, 0.25) is 5.91 Å². The lowest BCUT2D eigenvalue weighted by molar-refractivity contribution is -0.150. The van der Waals surface area contributed by atoms with Gasteiger partial charge < -0.3 is 24.7 Å². The standard InChI is InChI=1S/C19H4.C18H2.C14H21NO4.C13H21N3O3/c1-3-5-7-9-11-13-15-17-19-18-16-14-12-10-8-6-4-2;1-3-5-7-9-11-13-15-17-18-16-14-12-10-8-6-4-2;1-8(2)12-9(3)13(18-4)14(19-12)15-6-5-10(16)7-11(15)17;1-7(2)10-8(3)11(18-4)12(19-10)16-6-5-9(14)15-13(16)17/h1H,2H3;1-2H;5-6,8-9,12-14H,7H2,1-4H3;5-8,10-12H,1-4H3,(H2,14,15,17)/t;;9-,12-,13-,14-;8-,10-,11-,12-/m..11/s1. The van der Waals surface area contributed by atoms with Crippen LogP contribution in [0.2, 0.25) is 0 Å². The Morgan fingerprint density at radius 3 is 1.21 bits per heavy atom. The average Bonchev–Trinajstić information content (AvgIpc) is 3.91. The first-order chi connectivity index (χ1) is 36.2. The van der Waals surface area contributed by atoms with Crippen molar-refractivity contribution >= 4 is 17.5 Å². The number of nitrogen functional groups attached to an aromatic ring is 1. The lowest BCUT2D eigenvalue weighted by Gasteiger charge is -2.30. The molecule has 2 N–H and O–H groups in total. The summed E-state index contributed by atoms with van der Waals surface area (Å²) in [5, 5.41) is 0. The minimum atomic E-state index is -0.451. The molecule has 0 unspecified atom stereocenters. The Labute approximate surface area is 443 Å². The molecule has 1 aromatic rings. The summed E-state index contributed by atoms with van der Waals surface area (Å²) in [4.78, 5) is 40.3. The minimum Gasteiger partial charge on any atom is -0.383 e. The van der Waals surface area contributed by atoms with Crippen molar-refractivity contribution < 1.29 is 28.5 Å². The van der Waals surface area contributed by atoms with Crippen LogP contribution in [0.4, 0.5) is 5.82 Å². The second-order valence-electron chi connectivity index (χ2n) is 15.2. The molecule has 3 aliphatic heterocycles. The Balaban J connectivity index is 0.000000500. The van der Waals surface area contributed by atoms with Crippen molar-refractivity contribution in [2.45, 2.75) is 91.8 Å². The maximum absolute atomic E-state index is 12.0. The summed E-state index contributed by atoms with van der Waals surface area (Å²) in [5.74, 6) is 81.1. The SMILES string of the molecule is C#CC#CC#CC#CC#CC#CC#CC#CC#C.C#CC#CC#CC#CC#CC#CC#CC#CC#CC.CO[C@@H]1[C@H](C)[C@@H](C(C)C)O[C@H]1N1C=CC(=O)CC1=O.CO[C@@H]1[C@H](C)[C@@H](C(C)C)O[C@H]1n1ccc(N)nc1=O. The predicted molar refractivity (Wildman–Crippen MR) is 290 cm³/mol. The Hall–Kier alpha value is -10.5. The first kappa shape index (κ1) is 62.5. The van der Waals surface area contributed by atoms with Crippen LogP contribution in [0.5, 0.6) is 0 Å². The fraction of sp³-hybridized carbons (Fsp3) is 0.312. The number of aromatic nitrogens is 2. The van der Waals surface area contributed by atoms with E-state index in [0.717, 1.165) is 0 Å². The van der Waals surface area contributed by atoms with E-state index in [-0.39, 0.29) is 60.2 Å². The third-order valence-corrected chi connectivity index (χ3v) is 9.55. The monoisotopic (exact) mass is 984 g/mol. The van der Waals surface area contributed by atoms with Crippen molar-refractivity contribution in [2.24, 2.45) is 23.7 Å². The number of hydrogen-bond donors (Lipinski definition) is 1. The van der Waals surface area contributed by atoms with Gasteiger partial charge in [0, 0.05) is 38.5 Å². The normalized spacial score (nSPS) is 18.7. The second-order valence-corrected chi connectivity index (χ2v) is 15.2. The molecular formula is C64H48N4O7. The number of ketones is 1. The van der Waals surface area contributed by atoms with Crippen LogP contribution in [-0.4, -0.2) is 71.0 Å². The number of carbonyl (C=O) groups excluding carboxylic acids is 2. The van der Waals surface area contributed by atoms with Gasteiger partial charge in [0.05, 0.1) is 18.6 Å². The molecule has 0 spiro atoms. The van der Waals surface area contributed by atoms with Crippen molar-refractivity contribution in [1.82, 2.24) is 14.5 Å². The molecule has 0 aliphatic carbocycles. The molecule has 3 aliphatic rings. The fourth-order valence-corrected chi connectivity index (χ4v) is 6.60. The number of carbonyl (C=O) groups is 2. The van der Waals surface area contributed by atoms with E-state index >= 15 is 0 Å². The molecule has 0 aromatic carbocycles. The van der Waals surface area contributed by atoms with E-state index in [1.54, 1.807) is 33.4 Å². The van der Waals surface area contributed by atoms with Gasteiger partial charge in [-0.2, -0.15) is 4.98 Å². The smallest absolute Gasteiger partial charge is 0.351 e. The zero-order valence-corrected chi connectivity index (χ0v) is 42.8. The van der Waals surface area contributed by atoms with E-state index < -0.39 is 18.1 Å². The number of amides is 1. The van der Waals surface area contributed by atoms with E-state index in [1.807, 2.05) is 0 Å². The number of ether oxygens (including phenoxy) is 4. The van der Waals surface area contributed by atoms with E-state index in [1.165, 1.54) is 21.7 Å². The predicted octanol–water partition coefficient (Wildman–Crippen LogP) is 3.31. The van der Waals surface area contributed by atoms with Gasteiger partial charge >= 0.3 is 5.69 Å². The third kappa shape index (κ3) is 24.7. The molecule has 0 bridgehead atoms. The molecule has 0 saturated carbocycles. The van der Waals surface area contributed by atoms with Crippen LogP contribution in [0.3, 0.4) is 0 Å². The van der Waals surface area contributed by atoms with Gasteiger partial charge in [-0.1, -0.05) is 47.5 Å². The summed E-state index contributed by atoms with van der Waals surface area (Å²) in [5.41, 5.74) is 5.09. The van der Waals surface area contributed by atoms with E-state index in [2.05, 4.69) is 242 Å². The van der Waals surface area contributed by atoms with Crippen molar-refractivity contribution in [2.75, 3.05) is 20.0 Å². The molecule has 4 heterocycles. The highest BCUT2D eigenvalue weighted by molar-refractivity contribution is 6.06. The maximum Gasteiger partial charge on any atom is 0.351 e. The van der Waals surface area contributed by atoms with Crippen LogP contribution < -0.4 is 11.4 Å². The molecular weight excluding hydrogens is 937 g/mol. The number of rotatable bonds is 6. The largest absolute Gasteiger partial charge is 0.383 e. The lowest BCUT2D eigenvalue weighted by atomic mass is 9.92. The van der Waals surface area contributed by atoms with Gasteiger partial charge in [-0.15, -0.1) is 19.3 Å². The second kappa shape index (κ2) is 38.3. The van der Waals surface area contributed by atoms with Crippen LogP contribution >= 0.6 is 0 Å². The van der Waals surface area contributed by atoms with Gasteiger partial charge in [0.25, 0.3) is 0 Å². The first-order valence-electron chi connectivity index (χ1n) is 22.3. The van der Waals surface area contributed by atoms with Crippen molar-refractivity contribution in [3.8, 4) is 215 Å². The van der Waals surface area contributed by atoms with Crippen molar-refractivity contribution in [3.05, 3.63) is 35.0 Å². The third-order valence-electron chi connectivity index (χ3n) is 9.55. The molecule has 75 heavy (non-hydrogen) atoms. The molecule has 0 radical (unpaired) electrons. The molecule has 1 amide bonds. The summed E-state index contributed by atoms with van der Waals surface area (Å²) < 4.78 is 24.5. The molecule has 366 valence electrons. The number of anilines is 1.